The van der Waals surface area contributed by atoms with Gasteiger partial charge in [-0.25, -0.2) is 14.2 Å². The minimum absolute atomic E-state index is 0.0446. The summed E-state index contributed by atoms with van der Waals surface area (Å²) in [7, 11) is 0. The number of rotatable bonds is 6. The first-order valence-electron chi connectivity index (χ1n) is 11.8. The molecule has 1 amide bonds. The highest BCUT2D eigenvalue weighted by atomic mass is 19.1. The average Bonchev–Trinajstić information content (AvgIpc) is 2.76. The largest absolute Gasteiger partial charge is 0.444 e. The smallest absolute Gasteiger partial charge is 0.407 e. The number of amides is 1. The number of benzene rings is 1. The Balaban J connectivity index is 1.79. The Kier molecular flexibility index (Phi) is 7.98. The number of nitriles is 1. The van der Waals surface area contributed by atoms with Gasteiger partial charge in [-0.1, -0.05) is 38.8 Å². The first-order valence-corrected chi connectivity index (χ1v) is 11.8. The third-order valence-corrected chi connectivity index (χ3v) is 5.73. The van der Waals surface area contributed by atoms with Crippen molar-refractivity contribution in [1.82, 2.24) is 10.3 Å². The molecule has 1 aliphatic rings. The standard InChI is InChI=1S/C26H34FN5O2/c1-16(2)17-10-12-19(13-11-17)29-23-18(15-28)14-20(27)24(32-23)30-21-8-6-7-9-22(21)31-25(33)34-26(3,4)5/h10-14,16,21-22H,6-9H2,1-5H3,(H,31,33)(H2,29,30,32)/t21-,22+/m1/s1. The Labute approximate surface area is 201 Å². The lowest BCUT2D eigenvalue weighted by molar-refractivity contribution is 0.0488. The number of nitrogens with one attached hydrogen (secondary N) is 3. The minimum atomic E-state index is -0.612. The second-order valence-electron chi connectivity index (χ2n) is 10.0. The summed E-state index contributed by atoms with van der Waals surface area (Å²) in [4.78, 5) is 16.7. The summed E-state index contributed by atoms with van der Waals surface area (Å²) in [5.41, 5.74) is 1.47. The zero-order chi connectivity index (χ0) is 24.9. The van der Waals surface area contributed by atoms with Crippen LogP contribution >= 0.6 is 0 Å². The maximum Gasteiger partial charge on any atom is 0.407 e. The van der Waals surface area contributed by atoms with E-state index in [0.29, 0.717) is 5.92 Å². The van der Waals surface area contributed by atoms with Gasteiger partial charge in [-0.3, -0.25) is 0 Å². The van der Waals surface area contributed by atoms with Crippen LogP contribution in [-0.4, -0.2) is 28.8 Å². The van der Waals surface area contributed by atoms with Crippen LogP contribution in [0.5, 0.6) is 0 Å². The van der Waals surface area contributed by atoms with E-state index in [1.54, 1.807) is 0 Å². The Morgan fingerprint density at radius 1 is 1.15 bits per heavy atom. The highest BCUT2D eigenvalue weighted by molar-refractivity contribution is 5.68. The summed E-state index contributed by atoms with van der Waals surface area (Å²) in [5.74, 6) is 0.111. The molecule has 0 spiro atoms. The Morgan fingerprint density at radius 2 is 1.79 bits per heavy atom. The normalized spacial score (nSPS) is 18.2. The molecule has 0 bridgehead atoms. The second kappa shape index (κ2) is 10.7. The summed E-state index contributed by atoms with van der Waals surface area (Å²) >= 11 is 0. The molecule has 1 fully saturated rings. The number of anilines is 3. The van der Waals surface area contributed by atoms with Crippen molar-refractivity contribution in [3.63, 3.8) is 0 Å². The zero-order valence-corrected chi connectivity index (χ0v) is 20.5. The molecule has 1 aliphatic carbocycles. The Morgan fingerprint density at radius 3 is 2.38 bits per heavy atom. The lowest BCUT2D eigenvalue weighted by Crippen LogP contribution is -2.50. The monoisotopic (exact) mass is 467 g/mol. The third-order valence-electron chi connectivity index (χ3n) is 5.73. The molecule has 1 aromatic carbocycles. The maximum atomic E-state index is 14.8. The molecule has 0 saturated heterocycles. The number of alkyl carbamates (subject to hydrolysis) is 1. The zero-order valence-electron chi connectivity index (χ0n) is 20.5. The van der Waals surface area contributed by atoms with Crippen molar-refractivity contribution in [2.45, 2.75) is 83.9 Å². The molecular weight excluding hydrogens is 433 g/mol. The van der Waals surface area contributed by atoms with Gasteiger partial charge in [-0.05, 0) is 63.3 Å². The number of hydrogen-bond acceptors (Lipinski definition) is 6. The number of carbonyl (C=O) groups excluding carboxylic acids is 1. The molecular formula is C26H34FN5O2. The number of nitrogens with zero attached hydrogens (tertiary/aromatic N) is 2. The predicted octanol–water partition coefficient (Wildman–Crippen LogP) is 6.21. The quantitative estimate of drug-likeness (QED) is 0.467. The fourth-order valence-electron chi connectivity index (χ4n) is 3.97. The third kappa shape index (κ3) is 6.83. The van der Waals surface area contributed by atoms with Gasteiger partial charge in [0.1, 0.15) is 11.7 Å². The highest BCUT2D eigenvalue weighted by Crippen LogP contribution is 2.28. The molecule has 3 N–H and O–H groups in total. The molecule has 8 heteroatoms. The maximum absolute atomic E-state index is 14.8. The molecule has 0 aliphatic heterocycles. The van der Waals surface area contributed by atoms with E-state index in [0.717, 1.165) is 31.4 Å². The molecule has 1 saturated carbocycles. The fourth-order valence-corrected chi connectivity index (χ4v) is 3.97. The summed E-state index contributed by atoms with van der Waals surface area (Å²) in [6, 6.07) is 10.6. The molecule has 0 radical (unpaired) electrons. The van der Waals surface area contributed by atoms with E-state index < -0.39 is 17.5 Å². The predicted molar refractivity (Wildman–Crippen MR) is 132 cm³/mol. The highest BCUT2D eigenvalue weighted by Gasteiger charge is 2.29. The fraction of sp³-hybridized carbons (Fsp3) is 0.500. The van der Waals surface area contributed by atoms with E-state index in [-0.39, 0.29) is 29.3 Å². The van der Waals surface area contributed by atoms with Gasteiger partial charge < -0.3 is 20.7 Å². The van der Waals surface area contributed by atoms with E-state index in [1.165, 1.54) is 11.6 Å². The van der Waals surface area contributed by atoms with Gasteiger partial charge in [0.25, 0.3) is 0 Å². The Bertz CT molecular complexity index is 1040. The van der Waals surface area contributed by atoms with E-state index in [9.17, 15) is 14.4 Å². The number of carbonyl (C=O) groups is 1. The summed E-state index contributed by atoms with van der Waals surface area (Å²) < 4.78 is 20.2. The van der Waals surface area contributed by atoms with Crippen LogP contribution in [-0.2, 0) is 4.74 Å². The summed E-state index contributed by atoms with van der Waals surface area (Å²) in [6.45, 7) is 9.66. The number of ether oxygens (including phenoxy) is 1. The van der Waals surface area contributed by atoms with Crippen LogP contribution < -0.4 is 16.0 Å². The Hall–Kier alpha value is -3.34. The number of hydrogen-bond donors (Lipinski definition) is 3. The summed E-state index contributed by atoms with van der Waals surface area (Å²) in [6.07, 6.45) is 2.92. The second-order valence-corrected chi connectivity index (χ2v) is 10.0. The number of pyridine rings is 1. The van der Waals surface area contributed by atoms with E-state index in [2.05, 4.69) is 34.8 Å². The first-order chi connectivity index (χ1) is 16.1. The van der Waals surface area contributed by atoms with Crippen molar-refractivity contribution in [1.29, 1.82) is 5.26 Å². The summed E-state index contributed by atoms with van der Waals surface area (Å²) in [5, 5.41) is 18.7. The van der Waals surface area contributed by atoms with Crippen LogP contribution in [0.25, 0.3) is 0 Å². The van der Waals surface area contributed by atoms with Crippen LogP contribution in [0.15, 0.2) is 30.3 Å². The van der Waals surface area contributed by atoms with Crippen molar-refractivity contribution < 1.29 is 13.9 Å². The van der Waals surface area contributed by atoms with Crippen LogP contribution in [0.2, 0.25) is 0 Å². The molecule has 1 heterocycles. The van der Waals surface area contributed by atoms with Crippen LogP contribution in [0.1, 0.15) is 77.3 Å². The van der Waals surface area contributed by atoms with Crippen LogP contribution in [0, 0.1) is 17.1 Å². The molecule has 34 heavy (non-hydrogen) atoms. The van der Waals surface area contributed by atoms with Crippen molar-refractivity contribution in [3.05, 3.63) is 47.3 Å². The first kappa shape index (κ1) is 25.3. The van der Waals surface area contributed by atoms with Crippen molar-refractivity contribution in [3.8, 4) is 6.07 Å². The van der Waals surface area contributed by atoms with E-state index in [1.807, 2.05) is 51.1 Å². The molecule has 3 rings (SSSR count). The minimum Gasteiger partial charge on any atom is -0.444 e. The number of halogens is 1. The van der Waals surface area contributed by atoms with Gasteiger partial charge >= 0.3 is 6.09 Å². The lowest BCUT2D eigenvalue weighted by atomic mass is 9.90. The van der Waals surface area contributed by atoms with E-state index in [4.69, 9.17) is 4.74 Å². The van der Waals surface area contributed by atoms with E-state index >= 15 is 0 Å². The van der Waals surface area contributed by atoms with Crippen molar-refractivity contribution >= 4 is 23.4 Å². The van der Waals surface area contributed by atoms with Crippen molar-refractivity contribution in [2.24, 2.45) is 0 Å². The molecule has 2 atom stereocenters. The van der Waals surface area contributed by atoms with Crippen LogP contribution in [0.4, 0.5) is 26.5 Å². The van der Waals surface area contributed by atoms with Crippen LogP contribution in [0.3, 0.4) is 0 Å². The number of aromatic nitrogens is 1. The molecule has 1 aromatic heterocycles. The van der Waals surface area contributed by atoms with Gasteiger partial charge in [0.15, 0.2) is 17.5 Å². The van der Waals surface area contributed by atoms with Gasteiger partial charge in [0.2, 0.25) is 0 Å². The van der Waals surface area contributed by atoms with Gasteiger partial charge in [0, 0.05) is 11.7 Å². The van der Waals surface area contributed by atoms with Gasteiger partial charge in [-0.15, -0.1) is 0 Å². The average molecular weight is 468 g/mol. The van der Waals surface area contributed by atoms with Gasteiger partial charge in [-0.2, -0.15) is 5.26 Å². The van der Waals surface area contributed by atoms with Crippen molar-refractivity contribution in [2.75, 3.05) is 10.6 Å². The van der Waals surface area contributed by atoms with Gasteiger partial charge in [0.05, 0.1) is 11.6 Å². The molecule has 182 valence electrons. The molecule has 7 nitrogen and oxygen atoms in total. The molecule has 0 unspecified atom stereocenters. The molecule has 2 aromatic rings. The SMILES string of the molecule is CC(C)c1ccc(Nc2nc(N[C@@H]3CCCC[C@@H]3NC(=O)OC(C)(C)C)c(F)cc2C#N)cc1. The topological polar surface area (TPSA) is 99.1 Å². The lowest BCUT2D eigenvalue weighted by Gasteiger charge is -2.33.